The summed E-state index contributed by atoms with van der Waals surface area (Å²) in [6.07, 6.45) is 1.20. The Morgan fingerprint density at radius 3 is 2.68 bits per heavy atom. The highest BCUT2D eigenvalue weighted by Gasteiger charge is 2.25. The van der Waals surface area contributed by atoms with Crippen LogP contribution in [-0.2, 0) is 21.4 Å². The standard InChI is InChI=1S/C19H21ClN4O4/c1-11-18(12(2)23(3)22-11)21-16(25)10-28-19(27)13-6-7-14(20)15(9-13)24-8-4-5-17(24)26/h6-7,9H,4-5,8,10H2,1-3H3,(H,21,25). The summed E-state index contributed by atoms with van der Waals surface area (Å²) >= 11 is 6.18. The molecule has 0 spiro atoms. The number of nitrogens with zero attached hydrogens (tertiary/aromatic N) is 3. The van der Waals surface area contributed by atoms with E-state index in [4.69, 9.17) is 16.3 Å². The molecule has 1 aromatic heterocycles. The first-order valence-electron chi connectivity index (χ1n) is 8.85. The first kappa shape index (κ1) is 19.9. The van der Waals surface area contributed by atoms with Crippen LogP contribution in [0.15, 0.2) is 18.2 Å². The second-order valence-corrected chi connectivity index (χ2v) is 7.02. The SMILES string of the molecule is Cc1nn(C)c(C)c1NC(=O)COC(=O)c1ccc(Cl)c(N2CCCC2=O)c1. The summed E-state index contributed by atoms with van der Waals surface area (Å²) in [6, 6.07) is 4.56. The van der Waals surface area contributed by atoms with Crippen molar-refractivity contribution in [3.63, 3.8) is 0 Å². The number of carbonyl (C=O) groups is 3. The van der Waals surface area contributed by atoms with Crippen molar-refractivity contribution in [3.8, 4) is 0 Å². The van der Waals surface area contributed by atoms with Crippen LogP contribution in [0.3, 0.4) is 0 Å². The van der Waals surface area contributed by atoms with Crippen molar-refractivity contribution in [2.75, 3.05) is 23.4 Å². The van der Waals surface area contributed by atoms with Gasteiger partial charge in [-0.1, -0.05) is 11.6 Å². The molecule has 0 saturated carbocycles. The molecule has 28 heavy (non-hydrogen) atoms. The third-order valence-electron chi connectivity index (χ3n) is 4.65. The number of hydrogen-bond acceptors (Lipinski definition) is 5. The van der Waals surface area contributed by atoms with Gasteiger partial charge in [0, 0.05) is 20.0 Å². The molecule has 8 nitrogen and oxygen atoms in total. The Balaban J connectivity index is 1.65. The normalized spacial score (nSPS) is 13.7. The fourth-order valence-corrected chi connectivity index (χ4v) is 3.31. The van der Waals surface area contributed by atoms with Crippen LogP contribution < -0.4 is 10.2 Å². The minimum absolute atomic E-state index is 0.0333. The molecule has 1 aliphatic rings. The van der Waals surface area contributed by atoms with E-state index in [0.29, 0.717) is 35.1 Å². The van der Waals surface area contributed by atoms with Gasteiger partial charge in [-0.3, -0.25) is 14.3 Å². The number of nitrogens with one attached hydrogen (secondary N) is 1. The Labute approximate surface area is 167 Å². The van der Waals surface area contributed by atoms with Crippen LogP contribution in [0.5, 0.6) is 0 Å². The van der Waals surface area contributed by atoms with Gasteiger partial charge in [0.1, 0.15) is 0 Å². The highest BCUT2D eigenvalue weighted by Crippen LogP contribution is 2.30. The maximum atomic E-state index is 12.3. The third kappa shape index (κ3) is 4.01. The van der Waals surface area contributed by atoms with Crippen molar-refractivity contribution in [3.05, 3.63) is 40.2 Å². The Morgan fingerprint density at radius 1 is 1.32 bits per heavy atom. The van der Waals surface area contributed by atoms with E-state index in [0.717, 1.165) is 12.1 Å². The maximum Gasteiger partial charge on any atom is 0.338 e. The minimum atomic E-state index is -0.667. The zero-order chi connectivity index (χ0) is 20.4. The quantitative estimate of drug-likeness (QED) is 0.773. The molecule has 1 saturated heterocycles. The Kier molecular flexibility index (Phi) is 5.69. The lowest BCUT2D eigenvalue weighted by Crippen LogP contribution is -2.25. The van der Waals surface area contributed by atoms with Crippen molar-refractivity contribution < 1.29 is 19.1 Å². The molecule has 2 heterocycles. The molecule has 0 unspecified atom stereocenters. The molecule has 9 heteroatoms. The molecular weight excluding hydrogens is 384 g/mol. The third-order valence-corrected chi connectivity index (χ3v) is 4.97. The summed E-state index contributed by atoms with van der Waals surface area (Å²) in [6.45, 7) is 3.73. The largest absolute Gasteiger partial charge is 0.452 e. The summed E-state index contributed by atoms with van der Waals surface area (Å²) in [5, 5.41) is 7.30. The number of aromatic nitrogens is 2. The van der Waals surface area contributed by atoms with E-state index in [2.05, 4.69) is 10.4 Å². The molecule has 3 rings (SSSR count). The molecule has 2 amide bonds. The van der Waals surface area contributed by atoms with Crippen molar-refractivity contribution in [2.24, 2.45) is 7.05 Å². The van der Waals surface area contributed by atoms with Gasteiger partial charge in [-0.25, -0.2) is 4.79 Å². The number of amides is 2. The number of aryl methyl sites for hydroxylation is 2. The number of rotatable bonds is 5. The molecule has 1 N–H and O–H groups in total. The molecule has 1 aliphatic heterocycles. The Hall–Kier alpha value is -2.87. The number of halogens is 1. The van der Waals surface area contributed by atoms with E-state index in [-0.39, 0.29) is 11.5 Å². The van der Waals surface area contributed by atoms with Gasteiger partial charge in [0.05, 0.1) is 33.3 Å². The summed E-state index contributed by atoms with van der Waals surface area (Å²) < 4.78 is 6.77. The summed E-state index contributed by atoms with van der Waals surface area (Å²) in [4.78, 5) is 38.0. The lowest BCUT2D eigenvalue weighted by Gasteiger charge is -2.18. The zero-order valence-electron chi connectivity index (χ0n) is 15.9. The second kappa shape index (κ2) is 8.02. The minimum Gasteiger partial charge on any atom is -0.452 e. The first-order chi connectivity index (χ1) is 13.3. The number of carbonyl (C=O) groups excluding carboxylic acids is 3. The van der Waals surface area contributed by atoms with Crippen LogP contribution in [0.25, 0.3) is 0 Å². The Bertz CT molecular complexity index is 954. The van der Waals surface area contributed by atoms with Crippen LogP contribution in [0.2, 0.25) is 5.02 Å². The van der Waals surface area contributed by atoms with Crippen LogP contribution in [0, 0.1) is 13.8 Å². The lowest BCUT2D eigenvalue weighted by atomic mass is 10.2. The van der Waals surface area contributed by atoms with Gasteiger partial charge < -0.3 is 15.0 Å². The average Bonchev–Trinajstić information content (AvgIpc) is 3.18. The van der Waals surface area contributed by atoms with Gasteiger partial charge >= 0.3 is 5.97 Å². The highest BCUT2D eigenvalue weighted by atomic mass is 35.5. The van der Waals surface area contributed by atoms with E-state index in [9.17, 15) is 14.4 Å². The average molecular weight is 405 g/mol. The predicted octanol–water partition coefficient (Wildman–Crippen LogP) is 2.61. The lowest BCUT2D eigenvalue weighted by molar-refractivity contribution is -0.119. The first-order valence-corrected chi connectivity index (χ1v) is 9.23. The van der Waals surface area contributed by atoms with Crippen LogP contribution >= 0.6 is 11.6 Å². The van der Waals surface area contributed by atoms with Gasteiger partial charge in [-0.2, -0.15) is 5.10 Å². The van der Waals surface area contributed by atoms with E-state index in [1.165, 1.54) is 12.1 Å². The highest BCUT2D eigenvalue weighted by molar-refractivity contribution is 6.34. The van der Waals surface area contributed by atoms with E-state index in [1.807, 2.05) is 6.92 Å². The van der Waals surface area contributed by atoms with E-state index in [1.54, 1.807) is 29.6 Å². The van der Waals surface area contributed by atoms with Crippen LogP contribution in [-0.4, -0.2) is 40.7 Å². The number of anilines is 2. The summed E-state index contributed by atoms with van der Waals surface area (Å²) in [5.41, 5.74) is 2.78. The molecule has 1 aromatic carbocycles. The zero-order valence-corrected chi connectivity index (χ0v) is 16.7. The maximum absolute atomic E-state index is 12.3. The molecule has 0 atom stereocenters. The van der Waals surface area contributed by atoms with Crippen molar-refractivity contribution >= 4 is 40.8 Å². The van der Waals surface area contributed by atoms with Crippen molar-refractivity contribution in [1.29, 1.82) is 0 Å². The van der Waals surface area contributed by atoms with Crippen molar-refractivity contribution in [1.82, 2.24) is 9.78 Å². The van der Waals surface area contributed by atoms with Gasteiger partial charge in [0.2, 0.25) is 5.91 Å². The number of benzene rings is 1. The number of hydrogen-bond donors (Lipinski definition) is 1. The number of ether oxygens (including phenoxy) is 1. The van der Waals surface area contributed by atoms with E-state index < -0.39 is 18.5 Å². The molecule has 1 fully saturated rings. The monoisotopic (exact) mass is 404 g/mol. The molecular formula is C19H21ClN4O4. The molecule has 0 radical (unpaired) electrons. The molecule has 0 aliphatic carbocycles. The topological polar surface area (TPSA) is 93.5 Å². The summed E-state index contributed by atoms with van der Waals surface area (Å²) in [7, 11) is 1.78. The molecule has 0 bridgehead atoms. The van der Waals surface area contributed by atoms with Crippen LogP contribution in [0.1, 0.15) is 34.6 Å². The Morgan fingerprint density at radius 2 is 2.07 bits per heavy atom. The van der Waals surface area contributed by atoms with E-state index >= 15 is 0 Å². The molecule has 2 aromatic rings. The fraction of sp³-hybridized carbons (Fsp3) is 0.368. The summed E-state index contributed by atoms with van der Waals surface area (Å²) in [5.74, 6) is -1.16. The van der Waals surface area contributed by atoms with Crippen LogP contribution in [0.4, 0.5) is 11.4 Å². The fourth-order valence-electron chi connectivity index (χ4n) is 3.09. The van der Waals surface area contributed by atoms with Gasteiger partial charge in [0.15, 0.2) is 6.61 Å². The van der Waals surface area contributed by atoms with Gasteiger partial charge in [-0.15, -0.1) is 0 Å². The van der Waals surface area contributed by atoms with Gasteiger partial charge in [-0.05, 0) is 38.5 Å². The molecule has 148 valence electrons. The smallest absolute Gasteiger partial charge is 0.338 e. The number of esters is 1. The second-order valence-electron chi connectivity index (χ2n) is 6.61. The predicted molar refractivity (Wildman–Crippen MR) is 105 cm³/mol. The van der Waals surface area contributed by atoms with Crippen molar-refractivity contribution in [2.45, 2.75) is 26.7 Å². The van der Waals surface area contributed by atoms with Gasteiger partial charge in [0.25, 0.3) is 5.91 Å².